The van der Waals surface area contributed by atoms with Crippen molar-refractivity contribution in [1.29, 1.82) is 0 Å². The van der Waals surface area contributed by atoms with Gasteiger partial charge in [0.2, 0.25) is 5.91 Å². The molecule has 0 fully saturated rings. The van der Waals surface area contributed by atoms with Crippen molar-refractivity contribution in [3.05, 3.63) is 70.1 Å². The zero-order valence-corrected chi connectivity index (χ0v) is 19.3. The topological polar surface area (TPSA) is 91.9 Å². The van der Waals surface area contributed by atoms with E-state index in [0.717, 1.165) is 40.8 Å². The molecular formula is C24H21Cl2N5O2. The number of hydrogen-bond donors (Lipinski definition) is 3. The van der Waals surface area contributed by atoms with E-state index >= 15 is 0 Å². The summed E-state index contributed by atoms with van der Waals surface area (Å²) in [4.78, 5) is 25.2. The summed E-state index contributed by atoms with van der Waals surface area (Å²) in [5, 5.41) is 8.00. The van der Waals surface area contributed by atoms with Crippen LogP contribution in [0.4, 0.5) is 17.2 Å². The molecule has 1 unspecified atom stereocenters. The van der Waals surface area contributed by atoms with Crippen LogP contribution in [0.15, 0.2) is 48.8 Å². The molecule has 0 saturated carbocycles. The highest BCUT2D eigenvalue weighted by molar-refractivity contribution is 6.42. The van der Waals surface area contributed by atoms with E-state index in [1.807, 2.05) is 30.3 Å². The number of hydrogen-bond acceptors (Lipinski definition) is 5. The van der Waals surface area contributed by atoms with Crippen molar-refractivity contribution in [2.24, 2.45) is 5.92 Å². The number of nitrogens with one attached hydrogen (secondary N) is 3. The summed E-state index contributed by atoms with van der Waals surface area (Å²) in [6.45, 7) is 0. The monoisotopic (exact) mass is 481 g/mol. The van der Waals surface area contributed by atoms with Crippen LogP contribution in [0.25, 0.3) is 11.0 Å². The molecule has 0 bridgehead atoms. The number of fused-ring (bicyclic) bond motifs is 3. The number of anilines is 3. The van der Waals surface area contributed by atoms with E-state index in [1.54, 1.807) is 19.2 Å². The predicted octanol–water partition coefficient (Wildman–Crippen LogP) is 5.76. The van der Waals surface area contributed by atoms with E-state index in [9.17, 15) is 4.79 Å². The number of benzene rings is 2. The van der Waals surface area contributed by atoms with Crippen molar-refractivity contribution in [3.8, 4) is 5.75 Å². The Bertz CT molecular complexity index is 1340. The van der Waals surface area contributed by atoms with Crippen LogP contribution in [-0.4, -0.2) is 28.0 Å². The Morgan fingerprint density at radius 3 is 2.73 bits per heavy atom. The van der Waals surface area contributed by atoms with Crippen molar-refractivity contribution >= 4 is 57.3 Å². The van der Waals surface area contributed by atoms with Gasteiger partial charge in [0.05, 0.1) is 28.2 Å². The second kappa shape index (κ2) is 8.92. The number of para-hydroxylation sites is 1. The molecule has 2 heterocycles. The Morgan fingerprint density at radius 1 is 1.15 bits per heavy atom. The van der Waals surface area contributed by atoms with E-state index in [-0.39, 0.29) is 11.8 Å². The normalized spacial score (nSPS) is 15.2. The quantitative estimate of drug-likeness (QED) is 0.336. The van der Waals surface area contributed by atoms with Crippen LogP contribution in [0.5, 0.6) is 5.75 Å². The van der Waals surface area contributed by atoms with Gasteiger partial charge < -0.3 is 20.4 Å². The fourth-order valence-corrected chi connectivity index (χ4v) is 4.57. The minimum atomic E-state index is -0.149. The predicted molar refractivity (Wildman–Crippen MR) is 131 cm³/mol. The maximum Gasteiger partial charge on any atom is 0.227 e. The lowest BCUT2D eigenvalue weighted by Crippen LogP contribution is -2.28. The molecule has 2 aromatic carbocycles. The minimum absolute atomic E-state index is 0.0127. The van der Waals surface area contributed by atoms with Gasteiger partial charge in [-0.25, -0.2) is 9.97 Å². The number of aryl methyl sites for hydroxylation is 1. The average Bonchev–Trinajstić information content (AvgIpc) is 3.20. The number of aromatic amines is 1. The van der Waals surface area contributed by atoms with E-state index in [4.69, 9.17) is 27.9 Å². The van der Waals surface area contributed by atoms with Gasteiger partial charge in [0, 0.05) is 23.4 Å². The molecule has 1 atom stereocenters. The number of aromatic nitrogens is 3. The van der Waals surface area contributed by atoms with E-state index < -0.39 is 0 Å². The van der Waals surface area contributed by atoms with E-state index in [1.165, 1.54) is 6.33 Å². The number of methoxy groups -OCH3 is 1. The van der Waals surface area contributed by atoms with Gasteiger partial charge in [0.25, 0.3) is 0 Å². The van der Waals surface area contributed by atoms with Crippen LogP contribution in [0.3, 0.4) is 0 Å². The number of halogens is 2. The first-order valence-corrected chi connectivity index (χ1v) is 11.3. The zero-order valence-electron chi connectivity index (χ0n) is 17.8. The number of amides is 1. The largest absolute Gasteiger partial charge is 0.495 e. The van der Waals surface area contributed by atoms with E-state index in [2.05, 4.69) is 25.6 Å². The molecule has 3 N–H and O–H groups in total. The van der Waals surface area contributed by atoms with Gasteiger partial charge in [-0.3, -0.25) is 4.79 Å². The van der Waals surface area contributed by atoms with Gasteiger partial charge in [0.1, 0.15) is 23.5 Å². The summed E-state index contributed by atoms with van der Waals surface area (Å²) >= 11 is 12.4. The number of carbonyl (C=O) groups excluding carboxylic acids is 1. The molecule has 1 amide bonds. The second-order valence-corrected chi connectivity index (χ2v) is 8.73. The van der Waals surface area contributed by atoms with Crippen LogP contribution in [0.2, 0.25) is 10.0 Å². The van der Waals surface area contributed by atoms with Crippen molar-refractivity contribution in [2.75, 3.05) is 17.7 Å². The molecule has 168 valence electrons. The van der Waals surface area contributed by atoms with Gasteiger partial charge in [0.15, 0.2) is 0 Å². The lowest BCUT2D eigenvalue weighted by atomic mass is 9.86. The van der Waals surface area contributed by atoms with Crippen LogP contribution < -0.4 is 15.4 Å². The van der Waals surface area contributed by atoms with Crippen LogP contribution in [0, 0.1) is 5.92 Å². The standard InChI is InChI=1S/C24H21Cl2N5O2/c1-33-20-11-17(26)16(25)10-19(20)31-23-21-15-9-13(24(32)29-14-5-3-2-4-6-14)7-8-18(15)30-22(21)27-12-28-23/h2-6,10-13H,7-9H2,1H3,(H,29,32)(H2,27,28,30,31). The summed E-state index contributed by atoms with van der Waals surface area (Å²) in [7, 11) is 1.56. The third kappa shape index (κ3) is 4.21. The molecule has 0 saturated heterocycles. The molecule has 33 heavy (non-hydrogen) atoms. The van der Waals surface area contributed by atoms with Crippen molar-refractivity contribution < 1.29 is 9.53 Å². The second-order valence-electron chi connectivity index (χ2n) is 7.91. The molecule has 2 aromatic heterocycles. The summed E-state index contributed by atoms with van der Waals surface area (Å²) in [5.41, 5.74) is 4.28. The first kappa shape index (κ1) is 21.6. The molecule has 9 heteroatoms. The molecule has 0 spiro atoms. The van der Waals surface area contributed by atoms with Crippen LogP contribution in [0.1, 0.15) is 17.7 Å². The Kier molecular flexibility index (Phi) is 5.83. The fourth-order valence-electron chi connectivity index (χ4n) is 4.25. The lowest BCUT2D eigenvalue weighted by Gasteiger charge is -2.22. The Labute approximate surface area is 200 Å². The van der Waals surface area contributed by atoms with Gasteiger partial charge in [-0.05, 0) is 43.0 Å². The van der Waals surface area contributed by atoms with Gasteiger partial charge in [-0.15, -0.1) is 0 Å². The van der Waals surface area contributed by atoms with Gasteiger partial charge >= 0.3 is 0 Å². The first-order valence-electron chi connectivity index (χ1n) is 10.5. The molecule has 0 radical (unpaired) electrons. The Morgan fingerprint density at radius 2 is 1.94 bits per heavy atom. The smallest absolute Gasteiger partial charge is 0.227 e. The number of rotatable bonds is 5. The highest BCUT2D eigenvalue weighted by Crippen LogP contribution is 2.39. The Hall–Kier alpha value is -3.29. The number of H-pyrrole nitrogens is 1. The lowest BCUT2D eigenvalue weighted by molar-refractivity contribution is -0.120. The summed E-state index contributed by atoms with van der Waals surface area (Å²) in [5.74, 6) is 1.02. The fraction of sp³-hybridized carbons (Fsp3) is 0.208. The third-order valence-electron chi connectivity index (χ3n) is 5.88. The molecule has 1 aliphatic carbocycles. The summed E-state index contributed by atoms with van der Waals surface area (Å²) in [6, 6.07) is 12.9. The molecule has 0 aliphatic heterocycles. The summed E-state index contributed by atoms with van der Waals surface area (Å²) in [6.07, 6.45) is 3.61. The number of carbonyl (C=O) groups is 1. The molecule has 4 aromatic rings. The average molecular weight is 482 g/mol. The third-order valence-corrected chi connectivity index (χ3v) is 6.61. The number of nitrogens with zero attached hydrogens (tertiary/aromatic N) is 2. The molecule has 7 nitrogen and oxygen atoms in total. The molecular weight excluding hydrogens is 461 g/mol. The minimum Gasteiger partial charge on any atom is -0.495 e. The van der Waals surface area contributed by atoms with E-state index in [0.29, 0.717) is 33.7 Å². The SMILES string of the molecule is COc1cc(Cl)c(Cl)cc1Nc1ncnc2[nH]c3c(c12)CC(C(=O)Nc1ccccc1)CC3. The first-order chi connectivity index (χ1) is 16.0. The maximum absolute atomic E-state index is 13.0. The maximum atomic E-state index is 13.0. The van der Waals surface area contributed by atoms with Crippen molar-refractivity contribution in [2.45, 2.75) is 19.3 Å². The van der Waals surface area contributed by atoms with Crippen molar-refractivity contribution in [3.63, 3.8) is 0 Å². The van der Waals surface area contributed by atoms with Gasteiger partial charge in [-0.2, -0.15) is 0 Å². The van der Waals surface area contributed by atoms with Crippen LogP contribution in [-0.2, 0) is 17.6 Å². The van der Waals surface area contributed by atoms with Crippen molar-refractivity contribution in [1.82, 2.24) is 15.0 Å². The molecule has 5 rings (SSSR count). The van der Waals surface area contributed by atoms with Crippen LogP contribution >= 0.6 is 23.2 Å². The highest BCUT2D eigenvalue weighted by Gasteiger charge is 2.29. The highest BCUT2D eigenvalue weighted by atomic mass is 35.5. The van der Waals surface area contributed by atoms with Gasteiger partial charge in [-0.1, -0.05) is 41.4 Å². The Balaban J connectivity index is 1.47. The number of ether oxygens (including phenoxy) is 1. The summed E-state index contributed by atoms with van der Waals surface area (Å²) < 4.78 is 5.45. The molecule has 1 aliphatic rings. The zero-order chi connectivity index (χ0) is 22.9.